The first-order valence-corrected chi connectivity index (χ1v) is 8.52. The molecule has 0 aliphatic heterocycles. The lowest BCUT2D eigenvalue weighted by Gasteiger charge is -2.11. The number of nitrogen functional groups attached to an aromatic ring is 1. The third-order valence-electron chi connectivity index (χ3n) is 3.51. The van der Waals surface area contributed by atoms with Gasteiger partial charge in [-0.2, -0.15) is 0 Å². The molecule has 0 atom stereocenters. The summed E-state index contributed by atoms with van der Waals surface area (Å²) in [4.78, 5) is 14.0. The minimum Gasteiger partial charge on any atom is -0.393 e. The zero-order valence-electron chi connectivity index (χ0n) is 13.3. The summed E-state index contributed by atoms with van der Waals surface area (Å²) in [5, 5.41) is 7.84. The standard InChI is InChI=1S/C16H17ClN6S/c1-9-10(2)24-16(22-9)23-15-13(18)14(20-8-21-15)19-7-11-3-5-12(17)6-4-11/h3-6,8H,7,18H2,1-2H3,(H2,19,20,21,22,23). The number of anilines is 4. The van der Waals surface area contributed by atoms with Crippen molar-refractivity contribution in [3.63, 3.8) is 0 Å². The summed E-state index contributed by atoms with van der Waals surface area (Å²) in [5.41, 5.74) is 8.70. The van der Waals surface area contributed by atoms with E-state index in [0.29, 0.717) is 28.9 Å². The maximum atomic E-state index is 6.17. The predicted molar refractivity (Wildman–Crippen MR) is 100 cm³/mol. The van der Waals surface area contributed by atoms with E-state index in [1.807, 2.05) is 38.1 Å². The van der Waals surface area contributed by atoms with Gasteiger partial charge >= 0.3 is 0 Å². The molecule has 0 unspecified atom stereocenters. The van der Waals surface area contributed by atoms with E-state index >= 15 is 0 Å². The summed E-state index contributed by atoms with van der Waals surface area (Å²) in [6.45, 7) is 4.59. The number of hydrogen-bond donors (Lipinski definition) is 3. The fourth-order valence-corrected chi connectivity index (χ4v) is 2.99. The van der Waals surface area contributed by atoms with Crippen molar-refractivity contribution in [2.45, 2.75) is 20.4 Å². The van der Waals surface area contributed by atoms with Gasteiger partial charge < -0.3 is 16.4 Å². The summed E-state index contributed by atoms with van der Waals surface area (Å²) < 4.78 is 0. The topological polar surface area (TPSA) is 88.8 Å². The second kappa shape index (κ2) is 7.02. The molecule has 0 bridgehead atoms. The van der Waals surface area contributed by atoms with Gasteiger partial charge in [0, 0.05) is 16.4 Å². The summed E-state index contributed by atoms with van der Waals surface area (Å²) in [6.07, 6.45) is 1.47. The molecule has 1 aromatic carbocycles. The summed E-state index contributed by atoms with van der Waals surface area (Å²) in [5.74, 6) is 1.12. The largest absolute Gasteiger partial charge is 0.393 e. The van der Waals surface area contributed by atoms with Crippen molar-refractivity contribution in [1.29, 1.82) is 0 Å². The van der Waals surface area contributed by atoms with Crippen molar-refractivity contribution in [3.8, 4) is 0 Å². The van der Waals surface area contributed by atoms with Gasteiger partial charge in [0.15, 0.2) is 16.8 Å². The molecule has 2 aromatic heterocycles. The van der Waals surface area contributed by atoms with Crippen LogP contribution in [-0.2, 0) is 6.54 Å². The molecule has 6 nitrogen and oxygen atoms in total. The first-order valence-electron chi connectivity index (χ1n) is 7.33. The molecule has 4 N–H and O–H groups in total. The van der Waals surface area contributed by atoms with E-state index in [2.05, 4.69) is 25.6 Å². The van der Waals surface area contributed by atoms with Gasteiger partial charge in [0.1, 0.15) is 12.0 Å². The van der Waals surface area contributed by atoms with Crippen LogP contribution in [0.1, 0.15) is 16.1 Å². The van der Waals surface area contributed by atoms with Crippen LogP contribution in [0.5, 0.6) is 0 Å². The van der Waals surface area contributed by atoms with Crippen LogP contribution in [0.3, 0.4) is 0 Å². The summed E-state index contributed by atoms with van der Waals surface area (Å²) >= 11 is 7.45. The molecular weight excluding hydrogens is 344 g/mol. The zero-order chi connectivity index (χ0) is 17.1. The van der Waals surface area contributed by atoms with Crippen LogP contribution in [0.25, 0.3) is 0 Å². The number of thiazole rings is 1. The Kier molecular flexibility index (Phi) is 4.82. The van der Waals surface area contributed by atoms with Gasteiger partial charge in [-0.15, -0.1) is 11.3 Å². The molecule has 0 radical (unpaired) electrons. The van der Waals surface area contributed by atoms with Crippen molar-refractivity contribution < 1.29 is 0 Å². The Morgan fingerprint density at radius 2 is 1.83 bits per heavy atom. The van der Waals surface area contributed by atoms with Crippen LogP contribution < -0.4 is 16.4 Å². The highest BCUT2D eigenvalue weighted by Crippen LogP contribution is 2.29. The molecule has 24 heavy (non-hydrogen) atoms. The van der Waals surface area contributed by atoms with E-state index in [1.165, 1.54) is 6.33 Å². The van der Waals surface area contributed by atoms with Crippen LogP contribution in [0.2, 0.25) is 5.02 Å². The first-order chi connectivity index (χ1) is 11.5. The van der Waals surface area contributed by atoms with Crippen molar-refractivity contribution in [3.05, 3.63) is 51.7 Å². The minimum atomic E-state index is 0.456. The highest BCUT2D eigenvalue weighted by atomic mass is 35.5. The Hall–Kier alpha value is -2.38. The average Bonchev–Trinajstić information content (AvgIpc) is 2.88. The van der Waals surface area contributed by atoms with Gasteiger partial charge in [0.25, 0.3) is 0 Å². The Labute approximate surface area is 149 Å². The van der Waals surface area contributed by atoms with Crippen LogP contribution >= 0.6 is 22.9 Å². The lowest BCUT2D eigenvalue weighted by Crippen LogP contribution is -2.08. The van der Waals surface area contributed by atoms with Crippen molar-refractivity contribution in [2.75, 3.05) is 16.4 Å². The fourth-order valence-electron chi connectivity index (χ4n) is 2.05. The Morgan fingerprint density at radius 3 is 2.50 bits per heavy atom. The number of aromatic nitrogens is 3. The Bertz CT molecular complexity index is 827. The molecule has 0 aliphatic carbocycles. The molecule has 3 rings (SSSR count). The van der Waals surface area contributed by atoms with Gasteiger partial charge in [-0.1, -0.05) is 23.7 Å². The number of nitrogens with zero attached hydrogens (tertiary/aromatic N) is 3. The maximum Gasteiger partial charge on any atom is 0.188 e. The van der Waals surface area contributed by atoms with Crippen molar-refractivity contribution in [1.82, 2.24) is 15.0 Å². The maximum absolute atomic E-state index is 6.17. The Balaban J connectivity index is 1.74. The molecule has 0 saturated heterocycles. The predicted octanol–water partition coefficient (Wildman–Crippen LogP) is 4.14. The van der Waals surface area contributed by atoms with Gasteiger partial charge in [-0.25, -0.2) is 15.0 Å². The number of halogens is 1. The number of nitrogens with two attached hydrogens (primary N) is 1. The van der Waals surface area contributed by atoms with Crippen LogP contribution in [0, 0.1) is 13.8 Å². The monoisotopic (exact) mass is 360 g/mol. The lowest BCUT2D eigenvalue weighted by molar-refractivity contribution is 1.08. The van der Waals surface area contributed by atoms with E-state index in [0.717, 1.165) is 21.3 Å². The Morgan fingerprint density at radius 1 is 1.12 bits per heavy atom. The average molecular weight is 361 g/mol. The van der Waals surface area contributed by atoms with Crippen molar-refractivity contribution in [2.24, 2.45) is 0 Å². The SMILES string of the molecule is Cc1nc(Nc2ncnc(NCc3ccc(Cl)cc3)c2N)sc1C. The second-order valence-corrected chi connectivity index (χ2v) is 6.89. The number of hydrogen-bond acceptors (Lipinski definition) is 7. The summed E-state index contributed by atoms with van der Waals surface area (Å²) in [7, 11) is 0. The molecule has 3 aromatic rings. The number of nitrogens with one attached hydrogen (secondary N) is 2. The first kappa shape index (κ1) is 16.5. The smallest absolute Gasteiger partial charge is 0.188 e. The van der Waals surface area contributed by atoms with Gasteiger partial charge in [0.2, 0.25) is 0 Å². The molecule has 2 heterocycles. The molecule has 0 amide bonds. The van der Waals surface area contributed by atoms with E-state index in [-0.39, 0.29) is 0 Å². The summed E-state index contributed by atoms with van der Waals surface area (Å²) in [6, 6.07) is 7.60. The molecular formula is C16H17ClN6S. The highest BCUT2D eigenvalue weighted by molar-refractivity contribution is 7.15. The van der Waals surface area contributed by atoms with Gasteiger partial charge in [-0.3, -0.25) is 0 Å². The van der Waals surface area contributed by atoms with Crippen molar-refractivity contribution >= 4 is 45.4 Å². The number of benzene rings is 1. The van der Waals surface area contributed by atoms with Crippen LogP contribution in [0.4, 0.5) is 22.5 Å². The molecule has 124 valence electrons. The minimum absolute atomic E-state index is 0.456. The normalized spacial score (nSPS) is 10.6. The van der Waals surface area contributed by atoms with E-state index < -0.39 is 0 Å². The van der Waals surface area contributed by atoms with E-state index in [9.17, 15) is 0 Å². The zero-order valence-corrected chi connectivity index (χ0v) is 14.9. The van der Waals surface area contributed by atoms with Crippen LogP contribution in [0.15, 0.2) is 30.6 Å². The molecule has 0 fully saturated rings. The third-order valence-corrected chi connectivity index (χ3v) is 4.75. The molecule has 0 spiro atoms. The third kappa shape index (κ3) is 3.74. The molecule has 0 aliphatic rings. The second-order valence-electron chi connectivity index (χ2n) is 5.25. The van der Waals surface area contributed by atoms with E-state index in [1.54, 1.807) is 11.3 Å². The highest BCUT2D eigenvalue weighted by Gasteiger charge is 2.11. The number of rotatable bonds is 5. The van der Waals surface area contributed by atoms with Gasteiger partial charge in [-0.05, 0) is 31.5 Å². The lowest BCUT2D eigenvalue weighted by atomic mass is 10.2. The number of aryl methyl sites for hydroxylation is 2. The van der Waals surface area contributed by atoms with Gasteiger partial charge in [0.05, 0.1) is 5.69 Å². The van der Waals surface area contributed by atoms with Crippen LogP contribution in [-0.4, -0.2) is 15.0 Å². The molecule has 8 heteroatoms. The fraction of sp³-hybridized carbons (Fsp3) is 0.188. The van der Waals surface area contributed by atoms with E-state index in [4.69, 9.17) is 17.3 Å². The quantitative estimate of drug-likeness (QED) is 0.633. The molecule has 0 saturated carbocycles.